The number of aromatic amines is 1. The van der Waals surface area contributed by atoms with E-state index in [1.807, 2.05) is 50.1 Å². The summed E-state index contributed by atoms with van der Waals surface area (Å²) in [5.74, 6) is 3.08. The quantitative estimate of drug-likeness (QED) is 0.531. The topological polar surface area (TPSA) is 108 Å². The minimum absolute atomic E-state index is 0.202. The minimum Gasteiger partial charge on any atom is -0.444 e. The Hall–Kier alpha value is -2.88. The van der Waals surface area contributed by atoms with Gasteiger partial charge in [-0.25, -0.2) is 9.78 Å². The van der Waals surface area contributed by atoms with Crippen LogP contribution >= 0.6 is 11.3 Å². The Bertz CT molecular complexity index is 1120. The van der Waals surface area contributed by atoms with Crippen LogP contribution in [0.4, 0.5) is 22.4 Å². The Morgan fingerprint density at radius 3 is 2.66 bits per heavy atom. The molecule has 2 unspecified atom stereocenters. The highest BCUT2D eigenvalue weighted by Gasteiger charge is 2.43. The van der Waals surface area contributed by atoms with Crippen molar-refractivity contribution in [3.05, 3.63) is 23.2 Å². The first-order chi connectivity index (χ1) is 15.2. The SMILES string of the molecule is Cc1cc(Nc2nc(NC3CC4CN(C(=O)OC(C)(C)C)CC4C3)nc3ccsc23)n[nH]1. The van der Waals surface area contributed by atoms with Crippen molar-refractivity contribution in [1.29, 1.82) is 0 Å². The normalized spacial score (nSPS) is 22.9. The molecule has 9 nitrogen and oxygen atoms in total. The molecule has 0 aromatic carbocycles. The first-order valence-electron chi connectivity index (χ1n) is 11.0. The van der Waals surface area contributed by atoms with E-state index >= 15 is 0 Å². The minimum atomic E-state index is -0.461. The van der Waals surface area contributed by atoms with Crippen molar-refractivity contribution >= 4 is 45.2 Å². The van der Waals surface area contributed by atoms with Gasteiger partial charge < -0.3 is 20.3 Å². The second-order valence-corrected chi connectivity index (χ2v) is 10.7. The number of thiophene rings is 1. The van der Waals surface area contributed by atoms with Gasteiger partial charge in [0.05, 0.1) is 10.2 Å². The van der Waals surface area contributed by atoms with E-state index in [-0.39, 0.29) is 6.09 Å². The number of nitrogens with one attached hydrogen (secondary N) is 3. The molecule has 0 radical (unpaired) electrons. The smallest absolute Gasteiger partial charge is 0.410 e. The molecule has 0 spiro atoms. The molecule has 3 N–H and O–H groups in total. The molecule has 1 aliphatic heterocycles. The Labute approximate surface area is 191 Å². The molecular formula is C22H29N7O2S. The van der Waals surface area contributed by atoms with Gasteiger partial charge in [0.25, 0.3) is 0 Å². The molecule has 1 aliphatic carbocycles. The van der Waals surface area contributed by atoms with Gasteiger partial charge in [0.2, 0.25) is 5.95 Å². The van der Waals surface area contributed by atoms with Gasteiger partial charge in [-0.2, -0.15) is 10.1 Å². The average molecular weight is 456 g/mol. The first kappa shape index (κ1) is 21.0. The van der Waals surface area contributed by atoms with E-state index in [1.165, 1.54) is 0 Å². The number of H-pyrrole nitrogens is 1. The van der Waals surface area contributed by atoms with Crippen LogP contribution in [0.25, 0.3) is 10.2 Å². The number of hydrogen-bond acceptors (Lipinski definition) is 8. The van der Waals surface area contributed by atoms with E-state index in [9.17, 15) is 4.79 Å². The van der Waals surface area contributed by atoms with Gasteiger partial charge >= 0.3 is 6.09 Å². The summed E-state index contributed by atoms with van der Waals surface area (Å²) in [6.45, 7) is 9.20. The van der Waals surface area contributed by atoms with Crippen molar-refractivity contribution in [2.75, 3.05) is 23.7 Å². The van der Waals surface area contributed by atoms with Crippen LogP contribution in [-0.4, -0.2) is 55.9 Å². The Kier molecular flexibility index (Phi) is 5.19. The third kappa shape index (κ3) is 4.36. The van der Waals surface area contributed by atoms with Gasteiger partial charge in [0.15, 0.2) is 11.6 Å². The number of likely N-dealkylation sites (tertiary alicyclic amines) is 1. The van der Waals surface area contributed by atoms with Crippen LogP contribution in [0.2, 0.25) is 0 Å². The first-order valence-corrected chi connectivity index (χ1v) is 11.9. The second-order valence-electron chi connectivity index (χ2n) is 9.81. The zero-order valence-electron chi connectivity index (χ0n) is 18.8. The van der Waals surface area contributed by atoms with Gasteiger partial charge in [0.1, 0.15) is 5.60 Å². The molecule has 3 aromatic heterocycles. The maximum absolute atomic E-state index is 12.4. The van der Waals surface area contributed by atoms with Crippen molar-refractivity contribution < 1.29 is 9.53 Å². The summed E-state index contributed by atoms with van der Waals surface area (Å²) in [4.78, 5) is 23.7. The fourth-order valence-electron chi connectivity index (χ4n) is 4.69. The van der Waals surface area contributed by atoms with Crippen molar-refractivity contribution in [2.45, 2.75) is 52.2 Å². The number of anilines is 3. The standard InChI is InChI=1S/C22H29N7O2S/c1-12-7-17(28-27-12)25-19-18-16(5-6-32-18)24-20(26-19)23-15-8-13-10-29(11-14(13)9-15)21(30)31-22(2,3)4/h5-7,13-15H,8-11H2,1-4H3,(H3,23,24,25,26,27,28). The van der Waals surface area contributed by atoms with Crippen molar-refractivity contribution in [3.8, 4) is 0 Å². The van der Waals surface area contributed by atoms with Crippen LogP contribution in [0.3, 0.4) is 0 Å². The zero-order valence-corrected chi connectivity index (χ0v) is 19.6. The van der Waals surface area contributed by atoms with E-state index in [0.29, 0.717) is 23.8 Å². The van der Waals surface area contributed by atoms with Gasteiger partial charge in [-0.3, -0.25) is 5.10 Å². The van der Waals surface area contributed by atoms with E-state index in [0.717, 1.165) is 53.5 Å². The van der Waals surface area contributed by atoms with Crippen molar-refractivity contribution in [1.82, 2.24) is 25.1 Å². The maximum Gasteiger partial charge on any atom is 0.410 e. The summed E-state index contributed by atoms with van der Waals surface area (Å²) in [6, 6.07) is 4.25. The largest absolute Gasteiger partial charge is 0.444 e. The van der Waals surface area contributed by atoms with Crippen LogP contribution in [-0.2, 0) is 4.74 Å². The zero-order chi connectivity index (χ0) is 22.5. The number of rotatable bonds is 4. The molecule has 2 fully saturated rings. The summed E-state index contributed by atoms with van der Waals surface area (Å²) in [6.07, 6.45) is 1.79. The summed E-state index contributed by atoms with van der Waals surface area (Å²) in [5.41, 5.74) is 1.44. The lowest BCUT2D eigenvalue weighted by Crippen LogP contribution is -2.36. The van der Waals surface area contributed by atoms with E-state index in [2.05, 4.69) is 20.8 Å². The van der Waals surface area contributed by atoms with Crippen LogP contribution in [0.15, 0.2) is 17.5 Å². The van der Waals surface area contributed by atoms with Gasteiger partial charge in [0, 0.05) is 30.9 Å². The number of hydrogen-bond donors (Lipinski definition) is 3. The van der Waals surface area contributed by atoms with Crippen LogP contribution in [0, 0.1) is 18.8 Å². The number of nitrogens with zero attached hydrogens (tertiary/aromatic N) is 4. The van der Waals surface area contributed by atoms with Crippen LogP contribution in [0.1, 0.15) is 39.3 Å². The highest BCUT2D eigenvalue weighted by molar-refractivity contribution is 7.17. The molecule has 0 bridgehead atoms. The number of fused-ring (bicyclic) bond motifs is 2. The predicted molar refractivity (Wildman–Crippen MR) is 125 cm³/mol. The van der Waals surface area contributed by atoms with E-state index < -0.39 is 5.60 Å². The highest BCUT2D eigenvalue weighted by atomic mass is 32.1. The third-order valence-electron chi connectivity index (χ3n) is 5.99. The van der Waals surface area contributed by atoms with Crippen LogP contribution in [0.5, 0.6) is 0 Å². The number of carbonyl (C=O) groups excluding carboxylic acids is 1. The molecule has 32 heavy (non-hydrogen) atoms. The maximum atomic E-state index is 12.4. The second kappa shape index (κ2) is 7.91. The molecule has 2 atom stereocenters. The number of carbonyl (C=O) groups is 1. The average Bonchev–Trinajstić information content (AvgIpc) is 3.44. The highest BCUT2D eigenvalue weighted by Crippen LogP contribution is 2.40. The molecule has 4 heterocycles. The third-order valence-corrected chi connectivity index (χ3v) is 6.90. The lowest BCUT2D eigenvalue weighted by atomic mass is 10.0. The molecular weight excluding hydrogens is 426 g/mol. The molecule has 2 aliphatic rings. The molecule has 10 heteroatoms. The number of ether oxygens (including phenoxy) is 1. The molecule has 5 rings (SSSR count). The number of aryl methyl sites for hydroxylation is 1. The van der Waals surface area contributed by atoms with E-state index in [4.69, 9.17) is 14.7 Å². The van der Waals surface area contributed by atoms with Gasteiger partial charge in [-0.1, -0.05) is 0 Å². The molecule has 3 aromatic rings. The lowest BCUT2D eigenvalue weighted by Gasteiger charge is -2.25. The van der Waals surface area contributed by atoms with Gasteiger partial charge in [-0.15, -0.1) is 11.3 Å². The monoisotopic (exact) mass is 455 g/mol. The van der Waals surface area contributed by atoms with E-state index in [1.54, 1.807) is 11.3 Å². The molecule has 1 saturated carbocycles. The Morgan fingerprint density at radius 1 is 1.25 bits per heavy atom. The van der Waals surface area contributed by atoms with Crippen LogP contribution < -0.4 is 10.6 Å². The van der Waals surface area contributed by atoms with Gasteiger partial charge in [-0.05, 0) is 63.8 Å². The molecule has 170 valence electrons. The van der Waals surface area contributed by atoms with Crippen molar-refractivity contribution in [3.63, 3.8) is 0 Å². The molecule has 1 amide bonds. The fraction of sp³-hybridized carbons (Fsp3) is 0.545. The summed E-state index contributed by atoms with van der Waals surface area (Å²) < 4.78 is 6.55. The predicted octanol–water partition coefficient (Wildman–Crippen LogP) is 4.52. The Balaban J connectivity index is 1.25. The van der Waals surface area contributed by atoms with Crippen molar-refractivity contribution in [2.24, 2.45) is 11.8 Å². The summed E-state index contributed by atoms with van der Waals surface area (Å²) in [7, 11) is 0. The lowest BCUT2D eigenvalue weighted by molar-refractivity contribution is 0.0280. The summed E-state index contributed by atoms with van der Waals surface area (Å²) in [5, 5.41) is 16.1. The Morgan fingerprint density at radius 2 is 2.00 bits per heavy atom. The fourth-order valence-corrected chi connectivity index (χ4v) is 5.47. The summed E-state index contributed by atoms with van der Waals surface area (Å²) >= 11 is 1.61. The number of aromatic nitrogens is 4. The number of amides is 1. The molecule has 1 saturated heterocycles.